The van der Waals surface area contributed by atoms with Gasteiger partial charge in [-0.2, -0.15) is 0 Å². The van der Waals surface area contributed by atoms with Crippen LogP contribution >= 0.6 is 0 Å². The highest BCUT2D eigenvalue weighted by Gasteiger charge is 2.38. The second-order valence-electron chi connectivity index (χ2n) is 5.21. The molecule has 1 aliphatic heterocycles. The summed E-state index contributed by atoms with van der Waals surface area (Å²) in [6, 6.07) is 0. The van der Waals surface area contributed by atoms with Crippen molar-refractivity contribution in [3.63, 3.8) is 0 Å². The molecule has 1 aliphatic rings. The molecule has 0 amide bonds. The van der Waals surface area contributed by atoms with Gasteiger partial charge in [-0.25, -0.2) is 0 Å². The zero-order chi connectivity index (χ0) is 12.8. The average molecular weight is 238 g/mol. The lowest BCUT2D eigenvalue weighted by Gasteiger charge is -2.43. The van der Waals surface area contributed by atoms with Crippen molar-refractivity contribution in [2.45, 2.75) is 59.4 Å². The maximum atomic E-state index is 6.04. The summed E-state index contributed by atoms with van der Waals surface area (Å²) in [5.74, 6) is 4.35. The average Bonchev–Trinajstić information content (AvgIpc) is 2.34. The number of unbranched alkanes of at least 4 members (excludes halogenated alkanes) is 1. The predicted octanol–water partition coefficient (Wildman–Crippen LogP) is 3.46. The van der Waals surface area contributed by atoms with Crippen molar-refractivity contribution in [3.8, 4) is 12.3 Å². The first kappa shape index (κ1) is 14.5. The van der Waals surface area contributed by atoms with Gasteiger partial charge in [0, 0.05) is 12.3 Å². The van der Waals surface area contributed by atoms with E-state index in [0.717, 1.165) is 19.3 Å². The lowest BCUT2D eigenvalue weighted by atomic mass is 9.78. The van der Waals surface area contributed by atoms with Crippen molar-refractivity contribution < 1.29 is 9.47 Å². The Morgan fingerprint density at radius 3 is 2.47 bits per heavy atom. The van der Waals surface area contributed by atoms with Gasteiger partial charge in [-0.05, 0) is 24.7 Å². The molecule has 1 rings (SSSR count). The van der Waals surface area contributed by atoms with Crippen LogP contribution in [0.15, 0.2) is 0 Å². The van der Waals surface area contributed by atoms with Crippen LogP contribution in [-0.4, -0.2) is 19.0 Å². The molecule has 0 N–H and O–H groups in total. The molecule has 5 atom stereocenters. The molecule has 98 valence electrons. The Hall–Kier alpha value is -0.520. The van der Waals surface area contributed by atoms with Crippen LogP contribution in [0.1, 0.15) is 47.0 Å². The van der Waals surface area contributed by atoms with E-state index in [9.17, 15) is 0 Å². The van der Waals surface area contributed by atoms with Crippen molar-refractivity contribution in [3.05, 3.63) is 0 Å². The minimum Gasteiger partial charge on any atom is -0.352 e. The molecule has 2 nitrogen and oxygen atoms in total. The number of hydrogen-bond acceptors (Lipinski definition) is 2. The van der Waals surface area contributed by atoms with Gasteiger partial charge in [0.1, 0.15) is 0 Å². The Bertz CT molecular complexity index is 254. The van der Waals surface area contributed by atoms with Gasteiger partial charge < -0.3 is 9.47 Å². The van der Waals surface area contributed by atoms with Crippen molar-refractivity contribution in [1.82, 2.24) is 0 Å². The minimum absolute atomic E-state index is 0.0519. The third kappa shape index (κ3) is 3.72. The lowest BCUT2D eigenvalue weighted by Crippen LogP contribution is -2.45. The van der Waals surface area contributed by atoms with E-state index in [4.69, 9.17) is 15.9 Å². The molecule has 0 spiro atoms. The fourth-order valence-corrected chi connectivity index (χ4v) is 2.52. The van der Waals surface area contributed by atoms with Crippen LogP contribution in [0.4, 0.5) is 0 Å². The first-order chi connectivity index (χ1) is 8.11. The Balaban J connectivity index is 2.45. The highest BCUT2D eigenvalue weighted by atomic mass is 16.7. The van der Waals surface area contributed by atoms with Crippen molar-refractivity contribution in [2.24, 2.45) is 17.8 Å². The molecule has 1 heterocycles. The standard InChI is InChI=1S/C15H26O2/c1-6-8-9-10-16-15-13(5)11(3)12(4)14(7-2)17-15/h1,11-15H,7-10H2,2-5H3. The summed E-state index contributed by atoms with van der Waals surface area (Å²) in [4.78, 5) is 0. The van der Waals surface area contributed by atoms with Crippen LogP contribution in [0.3, 0.4) is 0 Å². The summed E-state index contributed by atoms with van der Waals surface area (Å²) in [5, 5.41) is 0. The summed E-state index contributed by atoms with van der Waals surface area (Å²) in [6.07, 6.45) is 8.26. The van der Waals surface area contributed by atoms with E-state index in [1.165, 1.54) is 0 Å². The largest absolute Gasteiger partial charge is 0.352 e. The van der Waals surface area contributed by atoms with E-state index in [2.05, 4.69) is 33.6 Å². The second kappa shape index (κ2) is 7.03. The normalized spacial score (nSPS) is 37.7. The zero-order valence-corrected chi connectivity index (χ0v) is 11.6. The van der Waals surface area contributed by atoms with Crippen molar-refractivity contribution >= 4 is 0 Å². The molecule has 0 aromatic carbocycles. The topological polar surface area (TPSA) is 18.5 Å². The van der Waals surface area contributed by atoms with Gasteiger partial charge in [-0.1, -0.05) is 27.7 Å². The van der Waals surface area contributed by atoms with E-state index in [-0.39, 0.29) is 6.29 Å². The number of hydrogen-bond donors (Lipinski definition) is 0. The molecule has 0 aliphatic carbocycles. The van der Waals surface area contributed by atoms with E-state index < -0.39 is 0 Å². The van der Waals surface area contributed by atoms with Crippen LogP contribution < -0.4 is 0 Å². The van der Waals surface area contributed by atoms with Crippen LogP contribution in [0.5, 0.6) is 0 Å². The molecule has 17 heavy (non-hydrogen) atoms. The molecule has 0 saturated carbocycles. The monoisotopic (exact) mass is 238 g/mol. The molecular weight excluding hydrogens is 212 g/mol. The summed E-state index contributed by atoms with van der Waals surface area (Å²) < 4.78 is 11.9. The first-order valence-corrected chi connectivity index (χ1v) is 6.82. The van der Waals surface area contributed by atoms with E-state index >= 15 is 0 Å². The maximum Gasteiger partial charge on any atom is 0.160 e. The first-order valence-electron chi connectivity index (χ1n) is 6.82. The predicted molar refractivity (Wildman–Crippen MR) is 70.5 cm³/mol. The van der Waals surface area contributed by atoms with Gasteiger partial charge in [0.2, 0.25) is 0 Å². The van der Waals surface area contributed by atoms with Gasteiger partial charge in [-0.3, -0.25) is 0 Å². The van der Waals surface area contributed by atoms with E-state index in [1.54, 1.807) is 0 Å². The molecule has 0 radical (unpaired) electrons. The Morgan fingerprint density at radius 1 is 1.18 bits per heavy atom. The summed E-state index contributed by atoms with van der Waals surface area (Å²) in [5.41, 5.74) is 0. The third-order valence-corrected chi connectivity index (χ3v) is 4.13. The van der Waals surface area contributed by atoms with Gasteiger partial charge >= 0.3 is 0 Å². The Kier molecular flexibility index (Phi) is 6.02. The molecule has 1 fully saturated rings. The highest BCUT2D eigenvalue weighted by Crippen LogP contribution is 2.36. The highest BCUT2D eigenvalue weighted by molar-refractivity contribution is 4.84. The molecular formula is C15H26O2. The SMILES string of the molecule is C#CCCCOC1OC(CC)C(C)C(C)C1C. The second-order valence-corrected chi connectivity index (χ2v) is 5.21. The Morgan fingerprint density at radius 2 is 1.88 bits per heavy atom. The molecule has 5 unspecified atom stereocenters. The quantitative estimate of drug-likeness (QED) is 0.539. The van der Waals surface area contributed by atoms with Crippen LogP contribution in [-0.2, 0) is 9.47 Å². The van der Waals surface area contributed by atoms with Crippen LogP contribution in [0, 0.1) is 30.1 Å². The third-order valence-electron chi connectivity index (χ3n) is 4.13. The van der Waals surface area contributed by atoms with E-state index in [1.807, 2.05) is 0 Å². The molecule has 1 saturated heterocycles. The molecule has 0 aromatic heterocycles. The van der Waals surface area contributed by atoms with Gasteiger partial charge in [-0.15, -0.1) is 12.3 Å². The number of rotatable bonds is 5. The van der Waals surface area contributed by atoms with Crippen LogP contribution in [0.25, 0.3) is 0 Å². The fourth-order valence-electron chi connectivity index (χ4n) is 2.52. The molecule has 0 bridgehead atoms. The summed E-state index contributed by atoms with van der Waals surface area (Å²) in [7, 11) is 0. The van der Waals surface area contributed by atoms with Crippen molar-refractivity contribution in [1.29, 1.82) is 0 Å². The van der Waals surface area contributed by atoms with Gasteiger partial charge in [0.05, 0.1) is 12.7 Å². The smallest absolute Gasteiger partial charge is 0.160 e. The number of terminal acetylenes is 1. The summed E-state index contributed by atoms with van der Waals surface area (Å²) in [6.45, 7) is 9.69. The Labute approximate surface area is 106 Å². The van der Waals surface area contributed by atoms with E-state index in [0.29, 0.717) is 30.5 Å². The van der Waals surface area contributed by atoms with Gasteiger partial charge in [0.25, 0.3) is 0 Å². The number of ether oxygens (including phenoxy) is 2. The maximum absolute atomic E-state index is 6.04. The van der Waals surface area contributed by atoms with Gasteiger partial charge in [0.15, 0.2) is 6.29 Å². The lowest BCUT2D eigenvalue weighted by molar-refractivity contribution is -0.248. The molecule has 0 aromatic rings. The molecule has 2 heteroatoms. The zero-order valence-electron chi connectivity index (χ0n) is 11.6. The minimum atomic E-state index is -0.0519. The fraction of sp³-hybridized carbons (Fsp3) is 0.867. The van der Waals surface area contributed by atoms with Crippen LogP contribution in [0.2, 0.25) is 0 Å². The van der Waals surface area contributed by atoms with Crippen molar-refractivity contribution in [2.75, 3.05) is 6.61 Å². The summed E-state index contributed by atoms with van der Waals surface area (Å²) >= 11 is 0.